The number of nitrogens with zero attached hydrogens (tertiary/aromatic N) is 1. The number of ether oxygens (including phenoxy) is 1. The van der Waals surface area contributed by atoms with Crippen LogP contribution in [0.25, 0.3) is 0 Å². The van der Waals surface area contributed by atoms with Gasteiger partial charge in [-0.05, 0) is 19.3 Å². The van der Waals surface area contributed by atoms with Gasteiger partial charge in [0.15, 0.2) is 0 Å². The fourth-order valence-electron chi connectivity index (χ4n) is 2.23. The number of anilines is 1. The van der Waals surface area contributed by atoms with E-state index in [-0.39, 0.29) is 0 Å². The predicted octanol–water partition coefficient (Wildman–Crippen LogP) is 1.84. The lowest BCUT2D eigenvalue weighted by Gasteiger charge is -2.21. The molecule has 15 heavy (non-hydrogen) atoms. The van der Waals surface area contributed by atoms with Crippen molar-refractivity contribution in [3.8, 4) is 0 Å². The lowest BCUT2D eigenvalue weighted by atomic mass is 9.92. The monoisotopic (exact) mass is 209 g/mol. The van der Waals surface area contributed by atoms with Crippen LogP contribution >= 0.6 is 0 Å². The summed E-state index contributed by atoms with van der Waals surface area (Å²) in [6, 6.07) is 0. The van der Waals surface area contributed by atoms with E-state index in [1.165, 1.54) is 11.3 Å². The van der Waals surface area contributed by atoms with Crippen LogP contribution in [-0.4, -0.2) is 23.4 Å². The van der Waals surface area contributed by atoms with Gasteiger partial charge in [-0.15, -0.1) is 0 Å². The molecule has 1 aliphatic rings. The average molecular weight is 209 g/mol. The summed E-state index contributed by atoms with van der Waals surface area (Å²) in [4.78, 5) is 0. The summed E-state index contributed by atoms with van der Waals surface area (Å²) in [5.41, 5.74) is 8.33. The maximum absolute atomic E-state index is 5.86. The first kappa shape index (κ1) is 10.5. The largest absolute Gasteiger partial charge is 0.382 e. The maximum Gasteiger partial charge on any atom is 0.148 e. The van der Waals surface area contributed by atoms with Crippen LogP contribution in [-0.2, 0) is 11.2 Å². The molecule has 1 aromatic rings. The van der Waals surface area contributed by atoms with Gasteiger partial charge in [-0.2, -0.15) is 5.10 Å². The highest BCUT2D eigenvalue weighted by atomic mass is 16.5. The topological polar surface area (TPSA) is 63.9 Å². The molecule has 2 rings (SSSR count). The van der Waals surface area contributed by atoms with Gasteiger partial charge < -0.3 is 10.5 Å². The molecule has 3 N–H and O–H groups in total. The smallest absolute Gasteiger partial charge is 0.148 e. The second-order valence-corrected chi connectivity index (χ2v) is 4.14. The number of hydrogen-bond donors (Lipinski definition) is 2. The van der Waals surface area contributed by atoms with Gasteiger partial charge in [0.05, 0.1) is 0 Å². The Hall–Kier alpha value is -1.03. The lowest BCUT2D eigenvalue weighted by Crippen LogP contribution is -2.15. The van der Waals surface area contributed by atoms with Crippen molar-refractivity contribution in [2.75, 3.05) is 18.9 Å². The number of nitrogens with one attached hydrogen (secondary N) is 1. The third-order valence-electron chi connectivity index (χ3n) is 3.06. The van der Waals surface area contributed by atoms with Crippen molar-refractivity contribution < 1.29 is 4.74 Å². The molecule has 2 heterocycles. The fraction of sp³-hybridized carbons (Fsp3) is 0.727. The molecule has 0 spiro atoms. The second kappa shape index (κ2) is 4.66. The molecule has 4 heteroatoms. The Balaban J connectivity index is 2.18. The minimum atomic E-state index is 0.560. The molecular formula is C11H19N3O. The van der Waals surface area contributed by atoms with E-state index < -0.39 is 0 Å². The molecule has 1 saturated heterocycles. The molecule has 1 aromatic heterocycles. The van der Waals surface area contributed by atoms with Crippen LogP contribution in [0, 0.1) is 0 Å². The van der Waals surface area contributed by atoms with E-state index in [9.17, 15) is 0 Å². The summed E-state index contributed by atoms with van der Waals surface area (Å²) in [5, 5.41) is 7.22. The zero-order chi connectivity index (χ0) is 10.7. The highest BCUT2D eigenvalue weighted by molar-refractivity contribution is 5.43. The third kappa shape index (κ3) is 2.15. The summed E-state index contributed by atoms with van der Waals surface area (Å²) in [7, 11) is 0. The van der Waals surface area contributed by atoms with E-state index >= 15 is 0 Å². The molecule has 84 valence electrons. The van der Waals surface area contributed by atoms with Crippen molar-refractivity contribution in [2.45, 2.75) is 38.5 Å². The van der Waals surface area contributed by atoms with Crippen LogP contribution in [0.3, 0.4) is 0 Å². The first-order valence-electron chi connectivity index (χ1n) is 5.73. The van der Waals surface area contributed by atoms with E-state index in [1.54, 1.807) is 0 Å². The molecule has 1 fully saturated rings. The Kier molecular flexibility index (Phi) is 3.26. The SMILES string of the molecule is CCCc1c(N)n[nH]c1C1CCOCC1. The van der Waals surface area contributed by atoms with Crippen LogP contribution in [0.4, 0.5) is 5.82 Å². The van der Waals surface area contributed by atoms with Gasteiger partial charge in [0.2, 0.25) is 0 Å². The number of nitrogen functional groups attached to an aromatic ring is 1. The van der Waals surface area contributed by atoms with E-state index in [2.05, 4.69) is 17.1 Å². The molecule has 0 radical (unpaired) electrons. The van der Waals surface area contributed by atoms with Crippen LogP contribution in [0.15, 0.2) is 0 Å². The Bertz CT molecular complexity index is 316. The van der Waals surface area contributed by atoms with Crippen molar-refractivity contribution in [1.29, 1.82) is 0 Å². The van der Waals surface area contributed by atoms with Crippen LogP contribution in [0.1, 0.15) is 43.4 Å². The van der Waals surface area contributed by atoms with Crippen molar-refractivity contribution in [2.24, 2.45) is 0 Å². The predicted molar refractivity (Wildman–Crippen MR) is 59.8 cm³/mol. The van der Waals surface area contributed by atoms with Crippen LogP contribution < -0.4 is 5.73 Å². The van der Waals surface area contributed by atoms with Crippen molar-refractivity contribution >= 4 is 5.82 Å². The number of hydrogen-bond acceptors (Lipinski definition) is 3. The molecular weight excluding hydrogens is 190 g/mol. The zero-order valence-corrected chi connectivity index (χ0v) is 9.25. The van der Waals surface area contributed by atoms with Gasteiger partial charge in [-0.3, -0.25) is 5.10 Å². The highest BCUT2D eigenvalue weighted by Crippen LogP contribution is 2.30. The molecule has 0 amide bonds. The van der Waals surface area contributed by atoms with Crippen LogP contribution in [0.2, 0.25) is 0 Å². The van der Waals surface area contributed by atoms with E-state index in [4.69, 9.17) is 10.5 Å². The molecule has 0 aliphatic carbocycles. The standard InChI is InChI=1S/C11H19N3O/c1-2-3-9-10(13-14-11(9)12)8-4-6-15-7-5-8/h8H,2-7H2,1H3,(H3,12,13,14). The molecule has 0 saturated carbocycles. The Morgan fingerprint density at radius 1 is 1.47 bits per heavy atom. The number of nitrogens with two attached hydrogens (primary N) is 1. The molecule has 1 aliphatic heterocycles. The highest BCUT2D eigenvalue weighted by Gasteiger charge is 2.21. The summed E-state index contributed by atoms with van der Waals surface area (Å²) in [6.45, 7) is 3.88. The zero-order valence-electron chi connectivity index (χ0n) is 9.25. The Morgan fingerprint density at radius 2 is 2.20 bits per heavy atom. The quantitative estimate of drug-likeness (QED) is 0.798. The minimum Gasteiger partial charge on any atom is -0.382 e. The number of aromatic amines is 1. The van der Waals surface area contributed by atoms with Crippen LogP contribution in [0.5, 0.6) is 0 Å². The van der Waals surface area contributed by atoms with Crippen molar-refractivity contribution in [3.05, 3.63) is 11.3 Å². The molecule has 0 atom stereocenters. The number of H-pyrrole nitrogens is 1. The third-order valence-corrected chi connectivity index (χ3v) is 3.06. The van der Waals surface area contributed by atoms with Crippen molar-refractivity contribution in [3.63, 3.8) is 0 Å². The average Bonchev–Trinajstić information content (AvgIpc) is 2.63. The van der Waals surface area contributed by atoms with Gasteiger partial charge >= 0.3 is 0 Å². The molecule has 4 nitrogen and oxygen atoms in total. The molecule has 0 aromatic carbocycles. The first-order valence-corrected chi connectivity index (χ1v) is 5.73. The fourth-order valence-corrected chi connectivity index (χ4v) is 2.23. The lowest BCUT2D eigenvalue weighted by molar-refractivity contribution is 0.0843. The van der Waals surface area contributed by atoms with Gasteiger partial charge in [-0.25, -0.2) is 0 Å². The van der Waals surface area contributed by atoms with E-state index in [0.717, 1.165) is 38.9 Å². The van der Waals surface area contributed by atoms with E-state index in [1.807, 2.05) is 0 Å². The number of rotatable bonds is 3. The summed E-state index contributed by atoms with van der Waals surface area (Å²) >= 11 is 0. The maximum atomic E-state index is 5.86. The van der Waals surface area contributed by atoms with E-state index in [0.29, 0.717) is 11.7 Å². The first-order chi connectivity index (χ1) is 7.33. The van der Waals surface area contributed by atoms with Gasteiger partial charge in [0, 0.05) is 30.4 Å². The summed E-state index contributed by atoms with van der Waals surface area (Å²) in [6.07, 6.45) is 4.30. The Labute approximate surface area is 90.2 Å². The summed E-state index contributed by atoms with van der Waals surface area (Å²) < 4.78 is 5.36. The Morgan fingerprint density at radius 3 is 2.87 bits per heavy atom. The minimum absolute atomic E-state index is 0.560. The second-order valence-electron chi connectivity index (χ2n) is 4.14. The molecule has 0 bridgehead atoms. The van der Waals surface area contributed by atoms with Gasteiger partial charge in [0.1, 0.15) is 5.82 Å². The summed E-state index contributed by atoms with van der Waals surface area (Å²) in [5.74, 6) is 1.24. The number of aromatic nitrogens is 2. The normalized spacial score (nSPS) is 18.2. The van der Waals surface area contributed by atoms with Gasteiger partial charge in [0.25, 0.3) is 0 Å². The van der Waals surface area contributed by atoms with Crippen molar-refractivity contribution in [1.82, 2.24) is 10.2 Å². The molecule has 0 unspecified atom stereocenters. The van der Waals surface area contributed by atoms with Gasteiger partial charge in [-0.1, -0.05) is 13.3 Å².